The first-order valence-corrected chi connectivity index (χ1v) is 20.1. The summed E-state index contributed by atoms with van der Waals surface area (Å²) in [5.74, 6) is 1.36. The SMILES string of the molecule is [2H]/C(C(=N)c1ccc(-c2c(-c3ccccc3)oc(-c3c4ccccc4c(-c4ccccc4)c4ccccc34)c2-c2ccccc2)c2ccccc12)=C(\[2H])c1cc2nc([2H])c([2H])c([2H])c2c([2H])c1[2H]. The molecule has 0 bridgehead atoms. The lowest BCUT2D eigenvalue weighted by molar-refractivity contribution is 0.600. The van der Waals surface area contributed by atoms with Gasteiger partial charge in [-0.05, 0) is 78.3 Å². The van der Waals surface area contributed by atoms with Crippen LogP contribution in [0.25, 0.3) is 105 Å². The highest BCUT2D eigenvalue weighted by Crippen LogP contribution is 2.53. The third-order valence-electron chi connectivity index (χ3n) is 11.3. The smallest absolute Gasteiger partial charge is 0.144 e. The number of furan rings is 1. The average molecular weight is 786 g/mol. The Balaban J connectivity index is 1.17. The van der Waals surface area contributed by atoms with E-state index in [-0.39, 0.29) is 22.2 Å². The molecule has 0 fully saturated rings. The van der Waals surface area contributed by atoms with Crippen LogP contribution in [0.5, 0.6) is 0 Å². The molecule has 0 radical (unpaired) electrons. The Bertz CT molecular complexity index is 3830. The Kier molecular flexibility index (Phi) is 7.27. The van der Waals surface area contributed by atoms with E-state index in [4.69, 9.17) is 12.6 Å². The number of benzene rings is 9. The second-order valence-corrected chi connectivity index (χ2v) is 14.8. The van der Waals surface area contributed by atoms with Gasteiger partial charge in [0.15, 0.2) is 0 Å². The van der Waals surface area contributed by atoms with E-state index in [2.05, 4.69) is 89.9 Å². The van der Waals surface area contributed by atoms with Crippen molar-refractivity contribution in [2.24, 2.45) is 0 Å². The van der Waals surface area contributed by atoms with Crippen molar-refractivity contribution in [3.63, 3.8) is 0 Å². The van der Waals surface area contributed by atoms with Crippen molar-refractivity contribution in [1.29, 1.82) is 5.41 Å². The van der Waals surface area contributed by atoms with Crippen LogP contribution in [0.1, 0.15) is 20.7 Å². The van der Waals surface area contributed by atoms with E-state index >= 15 is 0 Å². The summed E-state index contributed by atoms with van der Waals surface area (Å²) in [6.07, 6.45) is -0.468. The number of rotatable bonds is 8. The highest BCUT2D eigenvalue weighted by atomic mass is 16.3. The third-order valence-corrected chi connectivity index (χ3v) is 11.3. The lowest BCUT2D eigenvalue weighted by Crippen LogP contribution is -1.97. The molecule has 0 unspecified atom stereocenters. The lowest BCUT2D eigenvalue weighted by Gasteiger charge is -2.17. The highest BCUT2D eigenvalue weighted by Gasteiger charge is 2.29. The van der Waals surface area contributed by atoms with Crippen molar-refractivity contribution in [2.75, 3.05) is 0 Å². The zero-order valence-electron chi connectivity index (χ0n) is 39.7. The molecule has 1 N–H and O–H groups in total. The third kappa shape index (κ3) is 6.32. The number of nitrogens with one attached hydrogen (secondary N) is 1. The second-order valence-electron chi connectivity index (χ2n) is 14.8. The van der Waals surface area contributed by atoms with Crippen molar-refractivity contribution in [3.8, 4) is 56.0 Å². The van der Waals surface area contributed by atoms with Gasteiger partial charge >= 0.3 is 0 Å². The van der Waals surface area contributed by atoms with Gasteiger partial charge in [-0.15, -0.1) is 0 Å². The van der Waals surface area contributed by atoms with E-state index in [1.165, 1.54) is 6.07 Å². The van der Waals surface area contributed by atoms with Crippen molar-refractivity contribution in [2.45, 2.75) is 0 Å². The normalized spacial score (nSPS) is 13.5. The summed E-state index contributed by atoms with van der Waals surface area (Å²) in [5, 5.41) is 15.1. The van der Waals surface area contributed by atoms with Crippen molar-refractivity contribution in [3.05, 3.63) is 230 Å². The molecule has 0 aliphatic rings. The molecular weight excluding hydrogens is 741 g/mol. The Morgan fingerprint density at radius 2 is 1.05 bits per heavy atom. The predicted molar refractivity (Wildman–Crippen MR) is 256 cm³/mol. The quantitative estimate of drug-likeness (QED) is 0.123. The van der Waals surface area contributed by atoms with Crippen LogP contribution in [0.2, 0.25) is 0 Å². The van der Waals surface area contributed by atoms with Gasteiger partial charge in [0, 0.05) is 39.4 Å². The minimum atomic E-state index is -0.484. The predicted octanol–water partition coefficient (Wildman–Crippen LogP) is 15.7. The molecule has 0 saturated heterocycles. The van der Waals surface area contributed by atoms with Gasteiger partial charge in [0.2, 0.25) is 0 Å². The van der Waals surface area contributed by atoms with Crippen LogP contribution in [0, 0.1) is 5.41 Å². The molecule has 3 nitrogen and oxygen atoms in total. The summed E-state index contributed by atoms with van der Waals surface area (Å²) < 4.78 is 67.7. The van der Waals surface area contributed by atoms with Gasteiger partial charge in [-0.3, -0.25) is 4.98 Å². The standard InChI is InChI=1S/C58H38N2O/c59-51(35-31-38-30-32-39-23-16-36-60-52(39)37-38)45-33-34-50(44-25-11-10-24-43(44)45)56-54(41-19-6-2-7-20-41)58(61-57(56)42-21-8-3-9-22-42)55-48-28-14-12-26-46(48)53(40-17-4-1-5-18-40)47-27-13-15-29-49(47)55/h1-37,59H/b35-31-,59-51?/i16D,23D,30D,31D,32D,35D,36D. The van der Waals surface area contributed by atoms with Crippen molar-refractivity contribution in [1.82, 2.24) is 4.98 Å². The molecule has 9 aromatic carbocycles. The Morgan fingerprint density at radius 1 is 0.508 bits per heavy atom. The molecule has 0 aliphatic carbocycles. The monoisotopic (exact) mass is 785 g/mol. The number of hydrogen-bond acceptors (Lipinski definition) is 3. The molecule has 0 atom stereocenters. The summed E-state index contributed by atoms with van der Waals surface area (Å²) >= 11 is 0. The van der Waals surface area contributed by atoms with Gasteiger partial charge in [-0.2, -0.15) is 0 Å². The maximum Gasteiger partial charge on any atom is 0.144 e. The van der Waals surface area contributed by atoms with Gasteiger partial charge in [0.05, 0.1) is 20.8 Å². The molecule has 61 heavy (non-hydrogen) atoms. The van der Waals surface area contributed by atoms with Crippen LogP contribution in [0.4, 0.5) is 0 Å². The fourth-order valence-corrected chi connectivity index (χ4v) is 8.63. The molecule has 286 valence electrons. The second kappa shape index (κ2) is 15.2. The minimum absolute atomic E-state index is 0.00179. The number of allylic oxidation sites excluding steroid dienone is 1. The Morgan fingerprint density at radius 3 is 1.69 bits per heavy atom. The van der Waals surface area contributed by atoms with Crippen LogP contribution >= 0.6 is 0 Å². The summed E-state index contributed by atoms with van der Waals surface area (Å²) in [7, 11) is 0. The molecule has 0 saturated carbocycles. The van der Waals surface area contributed by atoms with E-state index in [9.17, 15) is 6.78 Å². The number of fused-ring (bicyclic) bond motifs is 4. The molecule has 2 aromatic heterocycles. The first-order valence-electron chi connectivity index (χ1n) is 23.6. The zero-order valence-corrected chi connectivity index (χ0v) is 32.7. The topological polar surface area (TPSA) is 49.9 Å². The number of aromatic nitrogens is 1. The highest BCUT2D eigenvalue weighted by molar-refractivity contribution is 6.24. The summed E-state index contributed by atoms with van der Waals surface area (Å²) in [6, 6.07) is 57.8. The van der Waals surface area contributed by atoms with Crippen LogP contribution in [-0.2, 0) is 0 Å². The molecule has 3 heteroatoms. The van der Waals surface area contributed by atoms with Crippen LogP contribution < -0.4 is 0 Å². The lowest BCUT2D eigenvalue weighted by atomic mass is 9.84. The van der Waals surface area contributed by atoms with E-state index in [0.717, 1.165) is 71.4 Å². The maximum absolute atomic E-state index is 9.47. The molecule has 0 amide bonds. The fraction of sp³-hybridized carbons (Fsp3) is 0. The van der Waals surface area contributed by atoms with Crippen molar-refractivity contribution >= 4 is 55.0 Å². The number of nitrogens with zero attached hydrogens (tertiary/aromatic N) is 1. The molecule has 0 spiro atoms. The van der Waals surface area contributed by atoms with Gasteiger partial charge in [0.25, 0.3) is 0 Å². The first kappa shape index (κ1) is 29.1. The van der Waals surface area contributed by atoms with E-state index in [1.54, 1.807) is 6.07 Å². The zero-order chi connectivity index (χ0) is 46.8. The molecule has 2 heterocycles. The average Bonchev–Trinajstić information content (AvgIpc) is 3.77. The van der Waals surface area contributed by atoms with Crippen LogP contribution in [0.3, 0.4) is 0 Å². The Labute approximate surface area is 363 Å². The van der Waals surface area contributed by atoms with E-state index in [1.807, 2.05) is 84.9 Å². The summed E-state index contributed by atoms with van der Waals surface area (Å²) in [6.45, 7) is 0. The van der Waals surface area contributed by atoms with E-state index in [0.29, 0.717) is 22.5 Å². The number of hydrogen-bond donors (Lipinski definition) is 1. The van der Waals surface area contributed by atoms with Gasteiger partial charge in [-0.1, -0.05) is 200 Å². The van der Waals surface area contributed by atoms with Gasteiger partial charge < -0.3 is 9.83 Å². The largest absolute Gasteiger partial charge is 0.455 e. The van der Waals surface area contributed by atoms with Crippen molar-refractivity contribution < 1.29 is 14.0 Å². The number of pyridine rings is 1. The maximum atomic E-state index is 9.47. The first-order chi connectivity index (χ1) is 33.1. The Hall–Kier alpha value is -8.14. The minimum Gasteiger partial charge on any atom is -0.455 e. The van der Waals surface area contributed by atoms with Crippen LogP contribution in [0.15, 0.2) is 223 Å². The van der Waals surface area contributed by atoms with Gasteiger partial charge in [-0.25, -0.2) is 0 Å². The summed E-state index contributed by atoms with van der Waals surface area (Å²) in [4.78, 5) is 4.08. The van der Waals surface area contributed by atoms with E-state index < -0.39 is 42.4 Å². The molecule has 0 aliphatic heterocycles. The van der Waals surface area contributed by atoms with Gasteiger partial charge in [0.1, 0.15) is 11.5 Å². The van der Waals surface area contributed by atoms with Crippen LogP contribution in [-0.4, -0.2) is 10.7 Å². The molecule has 11 aromatic rings. The fourth-order valence-electron chi connectivity index (χ4n) is 8.63. The molecule has 11 rings (SSSR count). The molecular formula is C58H38N2O. The summed E-state index contributed by atoms with van der Waals surface area (Å²) in [5.41, 5.74) is 7.58.